The van der Waals surface area contributed by atoms with Crippen LogP contribution >= 0.6 is 0 Å². The molecule has 0 saturated carbocycles. The maximum absolute atomic E-state index is 12.7. The van der Waals surface area contributed by atoms with Crippen molar-refractivity contribution in [2.24, 2.45) is 40.9 Å². The van der Waals surface area contributed by atoms with Gasteiger partial charge in [0.05, 0.1) is 59.1 Å². The van der Waals surface area contributed by atoms with Gasteiger partial charge >= 0.3 is 158 Å². The Labute approximate surface area is 623 Å². The van der Waals surface area contributed by atoms with Crippen LogP contribution in [0.3, 0.4) is 0 Å². The monoisotopic (exact) mass is 1360 g/mol. The summed E-state index contributed by atoms with van der Waals surface area (Å²) in [6, 6.07) is 36.7. The van der Waals surface area contributed by atoms with Gasteiger partial charge in [0.15, 0.2) is 5.75 Å². The summed E-state index contributed by atoms with van der Waals surface area (Å²) in [7, 11) is -23.5. The smallest absolute Gasteiger partial charge is 0.744 e. The first-order valence-electron chi connectivity index (χ1n) is 23.4. The number of aromatic hydroxyl groups is 2. The van der Waals surface area contributed by atoms with Crippen molar-refractivity contribution < 1.29 is 223 Å². The standard InChI is InChI=1S/C52H36N11O14S4.5Na.O3S/c53-38-17-21-42(60-58-40-5-1-3-27-7-14-32(24-35(27)40)78(66,67)68)34-16-20-45(51(64)48(34)38)62-56-30-11-9-29(10-12-30)55-44-19-13-31(23-46(44)80(72,73)74)57-63-50-47(81(75,76)77)26-37-43(22-18-39(54)49(37)52(50)65)61-59-41-6-2-4-28-8-15-33(25-36(28)41)79(69,70)71;;;;;;1-4(2)3/h1-19,21-26,55,64-65H,53-54H2,(H,66,67,68)(H,69,70,71)(H,72,73,74)(H,75,76,77);;;;;;/q-1;5*+1;/p-4. The van der Waals surface area contributed by atoms with E-state index in [9.17, 15) is 62.1 Å². The fraction of sp³-hybridized carbons (Fsp3) is 0. The van der Waals surface area contributed by atoms with Crippen molar-refractivity contribution in [1.82, 2.24) is 0 Å². The van der Waals surface area contributed by atoms with E-state index in [-0.39, 0.29) is 232 Å². The van der Waals surface area contributed by atoms with Gasteiger partial charge in [-0.25, -0.2) is 33.7 Å². The predicted octanol–water partition coefficient (Wildman–Crippen LogP) is -4.29. The van der Waals surface area contributed by atoms with Gasteiger partial charge < -0.3 is 45.2 Å². The molecule has 10 rings (SSSR count). The summed E-state index contributed by atoms with van der Waals surface area (Å²) < 4.78 is 171. The molecule has 28 nitrogen and oxygen atoms in total. The maximum Gasteiger partial charge on any atom is 1.00 e. The molecule has 90 heavy (non-hydrogen) atoms. The Hall–Kier alpha value is -5.10. The topological polar surface area (TPSA) is 483 Å². The van der Waals surface area contributed by atoms with Crippen LogP contribution in [0.4, 0.5) is 68.2 Å². The second-order valence-corrected chi connectivity index (χ2v) is 23.5. The first-order chi connectivity index (χ1) is 40.0. The second kappa shape index (κ2) is 31.7. The molecule has 10 aromatic carbocycles. The van der Waals surface area contributed by atoms with Crippen LogP contribution in [0.25, 0.3) is 43.1 Å². The molecule has 0 bridgehead atoms. The van der Waals surface area contributed by atoms with Crippen LogP contribution in [-0.4, -0.2) is 74.7 Å². The fourth-order valence-electron chi connectivity index (χ4n) is 8.41. The number of nitrogens with one attached hydrogen (secondary N) is 1. The molecule has 38 heteroatoms. The Morgan fingerprint density at radius 2 is 0.878 bits per heavy atom. The van der Waals surface area contributed by atoms with Gasteiger partial charge in [0.25, 0.3) is 0 Å². The summed E-state index contributed by atoms with van der Waals surface area (Å²) in [6.45, 7) is 0. The number of rotatable bonds is 14. The fourth-order valence-corrected chi connectivity index (χ4v) is 10.7. The number of hydrogen-bond donors (Lipinski definition) is 5. The van der Waals surface area contributed by atoms with E-state index in [1.165, 1.54) is 91.0 Å². The van der Waals surface area contributed by atoms with Crippen LogP contribution in [0, 0.1) is 6.07 Å². The number of nitrogens with two attached hydrogens (primary N) is 2. The minimum absolute atomic E-state index is 0. The predicted molar refractivity (Wildman–Crippen MR) is 301 cm³/mol. The third-order valence-electron chi connectivity index (χ3n) is 12.2. The maximum atomic E-state index is 12.7. The van der Waals surface area contributed by atoms with E-state index in [1.807, 2.05) is 0 Å². The van der Waals surface area contributed by atoms with Crippen molar-refractivity contribution >= 4 is 162 Å². The summed E-state index contributed by atoms with van der Waals surface area (Å²) in [5.74, 6) is -1.36. The van der Waals surface area contributed by atoms with E-state index in [0.717, 1.165) is 30.3 Å². The van der Waals surface area contributed by atoms with Crippen molar-refractivity contribution in [3.8, 4) is 11.5 Å². The molecule has 0 aliphatic rings. The van der Waals surface area contributed by atoms with Gasteiger partial charge in [0.2, 0.25) is 0 Å². The molecule has 0 aliphatic heterocycles. The number of hydrogen-bond acceptors (Lipinski definition) is 28. The number of nitrogen functional groups attached to an aromatic ring is 2. The molecule has 0 saturated heterocycles. The van der Waals surface area contributed by atoms with Crippen LogP contribution < -0.4 is 165 Å². The largest absolute Gasteiger partial charge is 1.00 e. The van der Waals surface area contributed by atoms with Crippen molar-refractivity contribution in [2.45, 2.75) is 19.6 Å². The SMILES string of the molecule is Nc1ccc(N=Nc2cccc3ccc(S(=O)(=O)[O-])cc23)c2c[c-]c(N=Nc3ccc(Nc4ccc(N=Nc5c(S(=O)(=O)[O-])cc6c(N=Nc7cccc8ccc(S(=O)(=O)[O-])cc78)ccc(N)c6c5O)cc4S(=O)(=O)[O-])cc3)c(O)c12.O=S(=O)=O.[Na+].[Na+].[Na+].[Na+].[Na+]. The molecule has 10 aromatic rings. The number of fused-ring (bicyclic) bond motifs is 4. The molecule has 0 unspecified atom stereocenters. The van der Waals surface area contributed by atoms with Gasteiger partial charge in [-0.2, -0.15) is 37.7 Å². The van der Waals surface area contributed by atoms with Crippen molar-refractivity contribution in [1.29, 1.82) is 0 Å². The molecule has 0 fully saturated rings. The van der Waals surface area contributed by atoms with E-state index in [0.29, 0.717) is 21.5 Å². The van der Waals surface area contributed by atoms with E-state index in [2.05, 4.69) is 52.3 Å². The summed E-state index contributed by atoms with van der Waals surface area (Å²) in [4.78, 5) is -2.93. The van der Waals surface area contributed by atoms with Crippen LogP contribution in [-0.2, 0) is 51.1 Å². The molecule has 0 radical (unpaired) electrons. The number of nitrogens with zero attached hydrogens (tertiary/aromatic N) is 8. The van der Waals surface area contributed by atoms with Crippen molar-refractivity contribution in [3.63, 3.8) is 0 Å². The van der Waals surface area contributed by atoms with Gasteiger partial charge in [0, 0.05) is 50.3 Å². The van der Waals surface area contributed by atoms with E-state index in [4.69, 9.17) is 24.1 Å². The molecule has 7 N–H and O–H groups in total. The number of anilines is 4. The molecule has 0 aliphatic carbocycles. The summed E-state index contributed by atoms with van der Waals surface area (Å²) in [5.41, 5.74) is 11.8. The van der Waals surface area contributed by atoms with Crippen LogP contribution in [0.15, 0.2) is 212 Å². The number of phenolic OH excluding ortho intramolecular Hbond substituents is 2. The number of azo groups is 4. The Morgan fingerprint density at radius 3 is 1.36 bits per heavy atom. The average Bonchev–Trinajstić information content (AvgIpc) is 0.863. The normalized spacial score (nSPS) is 11.8. The average molecular weight is 1360 g/mol. The molecule has 0 atom stereocenters. The Bertz CT molecular complexity index is 5200. The zero-order valence-electron chi connectivity index (χ0n) is 47.2. The third-order valence-corrected chi connectivity index (χ3v) is 15.6. The van der Waals surface area contributed by atoms with Gasteiger partial charge in [0.1, 0.15) is 46.2 Å². The van der Waals surface area contributed by atoms with Crippen molar-refractivity contribution in [3.05, 3.63) is 158 Å². The third kappa shape index (κ3) is 18.2. The van der Waals surface area contributed by atoms with Gasteiger partial charge in [-0.05, 0) is 120 Å². The Balaban J connectivity index is 0.00000187. The zero-order chi connectivity index (χ0) is 61.3. The Kier molecular flexibility index (Phi) is 27.2. The molecule has 0 amide bonds. The minimum Gasteiger partial charge on any atom is -0.744 e. The van der Waals surface area contributed by atoms with Gasteiger partial charge in [-0.15, -0.1) is 28.0 Å². The summed E-state index contributed by atoms with van der Waals surface area (Å²) >= 11 is 0. The van der Waals surface area contributed by atoms with E-state index >= 15 is 0 Å². The van der Waals surface area contributed by atoms with Crippen molar-refractivity contribution in [2.75, 3.05) is 16.8 Å². The second-order valence-electron chi connectivity index (χ2n) is 17.6. The number of benzene rings is 10. The van der Waals surface area contributed by atoms with Gasteiger partial charge in [-0.3, -0.25) is 0 Å². The van der Waals surface area contributed by atoms with Crippen LogP contribution in [0.2, 0.25) is 0 Å². The molecule has 432 valence electrons. The summed E-state index contributed by atoms with van der Waals surface area (Å²) in [5, 5.41) is 60.1. The molecule has 0 heterocycles. The minimum atomic E-state index is -5.49. The van der Waals surface area contributed by atoms with Crippen LogP contribution in [0.1, 0.15) is 0 Å². The first kappa shape index (κ1) is 77.3. The molecule has 0 aromatic heterocycles. The molecular weight excluding hydrogens is 1330 g/mol. The Morgan fingerprint density at radius 1 is 0.433 bits per heavy atom. The number of phenols is 2. The zero-order valence-corrected chi connectivity index (χ0v) is 61.3. The molecular formula is C52H32N11Na5O17S5. The van der Waals surface area contributed by atoms with E-state index in [1.54, 1.807) is 30.3 Å². The van der Waals surface area contributed by atoms with E-state index < -0.39 is 87.8 Å². The van der Waals surface area contributed by atoms with Gasteiger partial charge in [-0.1, -0.05) is 47.2 Å². The quantitative estimate of drug-likeness (QED) is 0.0226. The van der Waals surface area contributed by atoms with Crippen LogP contribution in [0.5, 0.6) is 11.5 Å². The first-order valence-corrected chi connectivity index (χ1v) is 30.1. The summed E-state index contributed by atoms with van der Waals surface area (Å²) in [6.07, 6.45) is 0. The molecule has 0 spiro atoms.